The van der Waals surface area contributed by atoms with Crippen LogP contribution in [-0.2, 0) is 6.54 Å². The third-order valence-electron chi connectivity index (χ3n) is 3.13. The Morgan fingerprint density at radius 2 is 2.26 bits per heavy atom. The van der Waals surface area contributed by atoms with E-state index in [4.69, 9.17) is 14.2 Å². The summed E-state index contributed by atoms with van der Waals surface area (Å²) in [5.74, 6) is 3.40. The van der Waals surface area contributed by atoms with Gasteiger partial charge < -0.3 is 19.5 Å². The molecule has 1 unspecified atom stereocenters. The third-order valence-corrected chi connectivity index (χ3v) is 3.77. The van der Waals surface area contributed by atoms with Crippen LogP contribution in [0.2, 0.25) is 0 Å². The fraction of sp³-hybridized carbons (Fsp3) is 0.571. The Labute approximate surface area is 118 Å². The van der Waals surface area contributed by atoms with Crippen molar-refractivity contribution in [2.24, 2.45) is 0 Å². The molecule has 0 fully saturated rings. The number of ether oxygens (including phenoxy) is 3. The molecular weight excluding hydrogens is 262 g/mol. The molecule has 1 heterocycles. The third kappa shape index (κ3) is 3.70. The molecule has 1 aliphatic heterocycles. The van der Waals surface area contributed by atoms with Crippen molar-refractivity contribution in [1.82, 2.24) is 5.32 Å². The lowest BCUT2D eigenvalue weighted by atomic mass is 10.1. The van der Waals surface area contributed by atoms with Crippen molar-refractivity contribution in [3.63, 3.8) is 0 Å². The van der Waals surface area contributed by atoms with E-state index in [1.54, 1.807) is 7.11 Å². The molecule has 0 bridgehead atoms. The summed E-state index contributed by atoms with van der Waals surface area (Å²) in [6.07, 6.45) is 3.30. The SMILES string of the molecule is COc1cc(CNC(C)CCSC)cc2c1OCO2. The molecule has 0 radical (unpaired) electrons. The predicted molar refractivity (Wildman–Crippen MR) is 78.4 cm³/mol. The Bertz CT molecular complexity index is 425. The van der Waals surface area contributed by atoms with Crippen molar-refractivity contribution in [2.45, 2.75) is 25.9 Å². The van der Waals surface area contributed by atoms with Crippen LogP contribution in [0.25, 0.3) is 0 Å². The zero-order valence-electron chi connectivity index (χ0n) is 11.7. The van der Waals surface area contributed by atoms with Gasteiger partial charge in [-0.1, -0.05) is 0 Å². The highest BCUT2D eigenvalue weighted by atomic mass is 32.2. The Kier molecular flexibility index (Phi) is 5.22. The van der Waals surface area contributed by atoms with Gasteiger partial charge in [-0.05, 0) is 43.0 Å². The predicted octanol–water partition coefficient (Wildman–Crippen LogP) is 2.66. The molecule has 106 valence electrons. The lowest BCUT2D eigenvalue weighted by Gasteiger charge is -2.14. The van der Waals surface area contributed by atoms with Gasteiger partial charge in [0.25, 0.3) is 0 Å². The average Bonchev–Trinajstić information content (AvgIpc) is 2.90. The van der Waals surface area contributed by atoms with Crippen LogP contribution in [0, 0.1) is 0 Å². The highest BCUT2D eigenvalue weighted by molar-refractivity contribution is 7.98. The van der Waals surface area contributed by atoms with Crippen molar-refractivity contribution in [1.29, 1.82) is 0 Å². The van der Waals surface area contributed by atoms with E-state index in [0.717, 1.165) is 23.6 Å². The molecular formula is C14H21NO3S. The van der Waals surface area contributed by atoms with Crippen molar-refractivity contribution in [2.75, 3.05) is 25.9 Å². The summed E-state index contributed by atoms with van der Waals surface area (Å²) in [5.41, 5.74) is 1.15. The fourth-order valence-corrected chi connectivity index (χ4v) is 2.56. The molecule has 0 saturated heterocycles. The number of nitrogens with one attached hydrogen (secondary N) is 1. The summed E-state index contributed by atoms with van der Waals surface area (Å²) >= 11 is 1.88. The van der Waals surface area contributed by atoms with Gasteiger partial charge in [0, 0.05) is 12.6 Å². The molecule has 1 N–H and O–H groups in total. The zero-order valence-corrected chi connectivity index (χ0v) is 12.5. The van der Waals surface area contributed by atoms with Gasteiger partial charge in [0.15, 0.2) is 11.5 Å². The lowest BCUT2D eigenvalue weighted by molar-refractivity contribution is 0.171. The summed E-state index contributed by atoms with van der Waals surface area (Å²) in [6, 6.07) is 4.52. The van der Waals surface area contributed by atoms with Crippen molar-refractivity contribution < 1.29 is 14.2 Å². The van der Waals surface area contributed by atoms with Crippen molar-refractivity contribution in [3.05, 3.63) is 17.7 Å². The van der Waals surface area contributed by atoms with Gasteiger partial charge >= 0.3 is 0 Å². The van der Waals surface area contributed by atoms with Gasteiger partial charge in [-0.3, -0.25) is 0 Å². The smallest absolute Gasteiger partial charge is 0.231 e. The number of thioether (sulfide) groups is 1. The number of methoxy groups -OCH3 is 1. The minimum atomic E-state index is 0.271. The van der Waals surface area contributed by atoms with Gasteiger partial charge in [0.1, 0.15) is 0 Å². The van der Waals surface area contributed by atoms with Gasteiger partial charge in [-0.15, -0.1) is 0 Å². The van der Waals surface area contributed by atoms with Crippen LogP contribution >= 0.6 is 11.8 Å². The molecule has 1 aromatic carbocycles. The molecule has 19 heavy (non-hydrogen) atoms. The minimum Gasteiger partial charge on any atom is -0.493 e. The molecule has 0 aliphatic carbocycles. The molecule has 1 atom stereocenters. The Hall–Kier alpha value is -1.07. The van der Waals surface area contributed by atoms with Crippen LogP contribution in [0.15, 0.2) is 12.1 Å². The minimum absolute atomic E-state index is 0.271. The Balaban J connectivity index is 1.97. The second-order valence-electron chi connectivity index (χ2n) is 4.60. The van der Waals surface area contributed by atoms with Gasteiger partial charge in [0.2, 0.25) is 12.5 Å². The summed E-state index contributed by atoms with van der Waals surface area (Å²) in [7, 11) is 1.65. The Morgan fingerprint density at radius 1 is 1.42 bits per heavy atom. The van der Waals surface area contributed by atoms with E-state index in [2.05, 4.69) is 18.5 Å². The second-order valence-corrected chi connectivity index (χ2v) is 5.58. The first-order chi connectivity index (χ1) is 9.24. The van der Waals surface area contributed by atoms with Crippen molar-refractivity contribution in [3.8, 4) is 17.2 Å². The van der Waals surface area contributed by atoms with E-state index in [0.29, 0.717) is 11.8 Å². The molecule has 0 aromatic heterocycles. The van der Waals surface area contributed by atoms with E-state index in [9.17, 15) is 0 Å². The van der Waals surface area contributed by atoms with E-state index < -0.39 is 0 Å². The maximum absolute atomic E-state index is 5.42. The van der Waals surface area contributed by atoms with Crippen LogP contribution < -0.4 is 19.5 Å². The molecule has 0 spiro atoms. The fourth-order valence-electron chi connectivity index (χ4n) is 1.97. The van der Waals surface area contributed by atoms with Crippen LogP contribution in [-0.4, -0.2) is 32.0 Å². The van der Waals surface area contributed by atoms with Crippen LogP contribution in [0.1, 0.15) is 18.9 Å². The monoisotopic (exact) mass is 283 g/mol. The largest absolute Gasteiger partial charge is 0.493 e. The maximum atomic E-state index is 5.42. The number of fused-ring (bicyclic) bond motifs is 1. The highest BCUT2D eigenvalue weighted by Gasteiger charge is 2.20. The summed E-state index contributed by atoms with van der Waals surface area (Å²) in [6.45, 7) is 3.29. The average molecular weight is 283 g/mol. The maximum Gasteiger partial charge on any atom is 0.231 e. The highest BCUT2D eigenvalue weighted by Crippen LogP contribution is 2.41. The van der Waals surface area contributed by atoms with Crippen LogP contribution in [0.4, 0.5) is 0 Å². The topological polar surface area (TPSA) is 39.7 Å². The van der Waals surface area contributed by atoms with Crippen LogP contribution in [0.5, 0.6) is 17.2 Å². The molecule has 2 rings (SSSR count). The summed E-state index contributed by atoms with van der Waals surface area (Å²) < 4.78 is 16.1. The number of hydrogen-bond acceptors (Lipinski definition) is 5. The normalized spacial score (nSPS) is 14.5. The number of rotatable bonds is 7. The summed E-state index contributed by atoms with van der Waals surface area (Å²) in [4.78, 5) is 0. The summed E-state index contributed by atoms with van der Waals surface area (Å²) in [5, 5.41) is 3.51. The quantitative estimate of drug-likeness (QED) is 0.833. The number of benzene rings is 1. The van der Waals surface area contributed by atoms with E-state index in [1.165, 1.54) is 12.2 Å². The molecule has 5 heteroatoms. The van der Waals surface area contributed by atoms with Gasteiger partial charge in [-0.2, -0.15) is 11.8 Å². The first kappa shape index (κ1) is 14.3. The number of hydrogen-bond donors (Lipinski definition) is 1. The van der Waals surface area contributed by atoms with E-state index in [1.807, 2.05) is 23.9 Å². The van der Waals surface area contributed by atoms with Crippen molar-refractivity contribution >= 4 is 11.8 Å². The zero-order chi connectivity index (χ0) is 13.7. The molecule has 0 amide bonds. The molecule has 0 saturated carbocycles. The molecule has 1 aromatic rings. The van der Waals surface area contributed by atoms with Gasteiger partial charge in [-0.25, -0.2) is 0 Å². The molecule has 1 aliphatic rings. The Morgan fingerprint density at radius 3 is 3.00 bits per heavy atom. The second kappa shape index (κ2) is 6.91. The standard InChI is InChI=1S/C14H21NO3S/c1-10(4-5-19-3)15-8-11-6-12(16-2)14-13(7-11)17-9-18-14/h6-7,10,15H,4-5,8-9H2,1-3H3. The first-order valence-electron chi connectivity index (χ1n) is 6.43. The van der Waals surface area contributed by atoms with Gasteiger partial charge in [0.05, 0.1) is 7.11 Å². The lowest BCUT2D eigenvalue weighted by Crippen LogP contribution is -2.25. The van der Waals surface area contributed by atoms with E-state index in [-0.39, 0.29) is 6.79 Å². The molecule has 4 nitrogen and oxygen atoms in total. The first-order valence-corrected chi connectivity index (χ1v) is 7.82. The van der Waals surface area contributed by atoms with Crippen LogP contribution in [0.3, 0.4) is 0 Å². The van der Waals surface area contributed by atoms with E-state index >= 15 is 0 Å².